The predicted octanol–water partition coefficient (Wildman–Crippen LogP) is 2.49. The molecule has 0 fully saturated rings. The lowest BCUT2D eigenvalue weighted by Gasteiger charge is -2.11. The molecule has 3 N–H and O–H groups in total. The zero-order valence-corrected chi connectivity index (χ0v) is 20.6. The van der Waals surface area contributed by atoms with Gasteiger partial charge in [-0.3, -0.25) is 25.2 Å². The van der Waals surface area contributed by atoms with Crippen molar-refractivity contribution in [3.63, 3.8) is 0 Å². The summed E-state index contributed by atoms with van der Waals surface area (Å²) in [7, 11) is 2.96. The second-order valence-corrected chi connectivity index (χ2v) is 8.15. The number of benzene rings is 2. The van der Waals surface area contributed by atoms with Gasteiger partial charge in [-0.1, -0.05) is 23.9 Å². The molecule has 1 aromatic heterocycles. The van der Waals surface area contributed by atoms with E-state index in [-0.39, 0.29) is 17.2 Å². The summed E-state index contributed by atoms with van der Waals surface area (Å²) in [4.78, 5) is 36.1. The summed E-state index contributed by atoms with van der Waals surface area (Å²) in [5.41, 5.74) is 6.47. The molecule has 0 saturated heterocycles. The van der Waals surface area contributed by atoms with E-state index in [9.17, 15) is 14.4 Å². The zero-order chi connectivity index (χ0) is 25.4. The highest BCUT2D eigenvalue weighted by Gasteiger charge is 2.16. The molecule has 0 aliphatic heterocycles. The summed E-state index contributed by atoms with van der Waals surface area (Å²) in [6, 6.07) is 12.0. The van der Waals surface area contributed by atoms with Gasteiger partial charge < -0.3 is 19.4 Å². The number of ether oxygens (including phenoxy) is 2. The Morgan fingerprint density at radius 1 is 1.00 bits per heavy atom. The van der Waals surface area contributed by atoms with Gasteiger partial charge in [-0.25, -0.2) is 0 Å². The van der Waals surface area contributed by atoms with Crippen LogP contribution in [0.3, 0.4) is 0 Å². The maximum absolute atomic E-state index is 12.4. The van der Waals surface area contributed by atoms with Gasteiger partial charge in [0.1, 0.15) is 11.5 Å². The van der Waals surface area contributed by atoms with E-state index in [4.69, 9.17) is 9.47 Å². The molecule has 0 saturated carbocycles. The third-order valence-electron chi connectivity index (χ3n) is 4.74. The van der Waals surface area contributed by atoms with Crippen molar-refractivity contribution in [3.8, 4) is 22.9 Å². The molecule has 0 aliphatic rings. The number of amides is 3. The fraction of sp³-hybridized carbons (Fsp3) is 0.261. The van der Waals surface area contributed by atoms with Crippen LogP contribution in [0.2, 0.25) is 0 Å². The molecule has 0 spiro atoms. The van der Waals surface area contributed by atoms with Crippen molar-refractivity contribution in [2.24, 2.45) is 0 Å². The van der Waals surface area contributed by atoms with Crippen molar-refractivity contribution in [1.82, 2.24) is 25.6 Å². The SMILES string of the molecule is CCn1c(SCC(=O)NNC(=O)c2cc(OC)cc(OC)c2)nnc1-c1cccc(NC(C)=O)c1. The van der Waals surface area contributed by atoms with Crippen LogP contribution in [0, 0.1) is 0 Å². The van der Waals surface area contributed by atoms with E-state index in [2.05, 4.69) is 26.4 Å². The minimum absolute atomic E-state index is 0.00573. The molecule has 0 atom stereocenters. The number of anilines is 1. The Morgan fingerprint density at radius 2 is 1.71 bits per heavy atom. The maximum Gasteiger partial charge on any atom is 0.269 e. The summed E-state index contributed by atoms with van der Waals surface area (Å²) >= 11 is 1.19. The Bertz CT molecular complexity index is 1210. The van der Waals surface area contributed by atoms with E-state index in [0.29, 0.717) is 34.7 Å². The lowest BCUT2D eigenvalue weighted by Crippen LogP contribution is -2.42. The molecule has 3 aromatic rings. The van der Waals surface area contributed by atoms with Crippen LogP contribution in [0.5, 0.6) is 11.5 Å². The molecule has 3 rings (SSSR count). The van der Waals surface area contributed by atoms with E-state index in [1.165, 1.54) is 45.0 Å². The minimum Gasteiger partial charge on any atom is -0.497 e. The Morgan fingerprint density at radius 3 is 2.34 bits per heavy atom. The van der Waals surface area contributed by atoms with Gasteiger partial charge in [0.05, 0.1) is 20.0 Å². The van der Waals surface area contributed by atoms with Crippen LogP contribution in [0.4, 0.5) is 5.69 Å². The lowest BCUT2D eigenvalue weighted by atomic mass is 10.2. The van der Waals surface area contributed by atoms with E-state index in [0.717, 1.165) is 5.56 Å². The van der Waals surface area contributed by atoms with Crippen molar-refractivity contribution >= 4 is 35.2 Å². The minimum atomic E-state index is -0.515. The van der Waals surface area contributed by atoms with Crippen LogP contribution >= 0.6 is 11.8 Å². The van der Waals surface area contributed by atoms with E-state index >= 15 is 0 Å². The largest absolute Gasteiger partial charge is 0.497 e. The molecular formula is C23H26N6O5S. The predicted molar refractivity (Wildman–Crippen MR) is 131 cm³/mol. The van der Waals surface area contributed by atoms with Crippen LogP contribution in [-0.2, 0) is 16.1 Å². The average molecular weight is 499 g/mol. The van der Waals surface area contributed by atoms with Crippen LogP contribution < -0.4 is 25.6 Å². The fourth-order valence-electron chi connectivity index (χ4n) is 3.14. The van der Waals surface area contributed by atoms with Gasteiger partial charge in [0.2, 0.25) is 11.8 Å². The molecule has 0 bridgehead atoms. The van der Waals surface area contributed by atoms with Gasteiger partial charge in [0.25, 0.3) is 5.91 Å². The number of thioether (sulfide) groups is 1. The Labute approximate surface area is 206 Å². The number of nitrogens with one attached hydrogen (secondary N) is 3. The molecule has 35 heavy (non-hydrogen) atoms. The van der Waals surface area contributed by atoms with Crippen LogP contribution in [0.25, 0.3) is 11.4 Å². The molecule has 0 aliphatic carbocycles. The molecule has 12 heteroatoms. The first kappa shape index (κ1) is 25.6. The van der Waals surface area contributed by atoms with E-state index < -0.39 is 11.8 Å². The number of aromatic nitrogens is 3. The number of hydrazine groups is 1. The van der Waals surface area contributed by atoms with Gasteiger partial charge in [-0.2, -0.15) is 0 Å². The first-order valence-electron chi connectivity index (χ1n) is 10.6. The average Bonchev–Trinajstić information content (AvgIpc) is 3.28. The highest BCUT2D eigenvalue weighted by atomic mass is 32.2. The van der Waals surface area contributed by atoms with E-state index in [1.807, 2.05) is 29.7 Å². The molecule has 2 aromatic carbocycles. The van der Waals surface area contributed by atoms with Crippen molar-refractivity contribution in [2.75, 3.05) is 25.3 Å². The van der Waals surface area contributed by atoms with Gasteiger partial charge in [-0.05, 0) is 31.2 Å². The van der Waals surface area contributed by atoms with Gasteiger partial charge in [-0.15, -0.1) is 10.2 Å². The normalized spacial score (nSPS) is 10.4. The summed E-state index contributed by atoms with van der Waals surface area (Å²) in [6.07, 6.45) is 0. The highest BCUT2D eigenvalue weighted by Crippen LogP contribution is 2.26. The smallest absolute Gasteiger partial charge is 0.269 e. The maximum atomic E-state index is 12.4. The van der Waals surface area contributed by atoms with E-state index in [1.54, 1.807) is 12.1 Å². The lowest BCUT2D eigenvalue weighted by molar-refractivity contribution is -0.119. The first-order valence-corrected chi connectivity index (χ1v) is 11.6. The van der Waals surface area contributed by atoms with Crippen molar-refractivity contribution in [3.05, 3.63) is 48.0 Å². The topological polar surface area (TPSA) is 136 Å². The Balaban J connectivity index is 1.61. The van der Waals surface area contributed by atoms with Crippen LogP contribution in [0.15, 0.2) is 47.6 Å². The van der Waals surface area contributed by atoms with Crippen molar-refractivity contribution in [2.45, 2.75) is 25.5 Å². The number of nitrogens with zero attached hydrogens (tertiary/aromatic N) is 3. The van der Waals surface area contributed by atoms with Gasteiger partial charge >= 0.3 is 0 Å². The highest BCUT2D eigenvalue weighted by molar-refractivity contribution is 7.99. The molecule has 3 amide bonds. The summed E-state index contributed by atoms with van der Waals surface area (Å²) in [5, 5.41) is 11.7. The molecule has 0 radical (unpaired) electrons. The standard InChI is InChI=1S/C23H26N6O5S/c1-5-29-21(15-7-6-8-17(9-15)24-14(2)30)26-28-23(29)35-13-20(31)25-27-22(32)16-10-18(33-3)12-19(11-16)34-4/h6-12H,5,13H2,1-4H3,(H,24,30)(H,25,31)(H,27,32). The van der Waals surface area contributed by atoms with Crippen LogP contribution in [-0.4, -0.2) is 52.5 Å². The zero-order valence-electron chi connectivity index (χ0n) is 19.7. The molecule has 184 valence electrons. The Hall–Kier alpha value is -4.06. The third kappa shape index (κ3) is 6.73. The van der Waals surface area contributed by atoms with Crippen LogP contribution in [0.1, 0.15) is 24.2 Å². The quantitative estimate of drug-likeness (QED) is 0.302. The van der Waals surface area contributed by atoms with Crippen molar-refractivity contribution < 1.29 is 23.9 Å². The summed E-state index contributed by atoms with van der Waals surface area (Å²) in [6.45, 7) is 3.96. The number of carbonyl (C=O) groups excluding carboxylic acids is 3. The second kappa shape index (κ2) is 11.9. The summed E-state index contributed by atoms with van der Waals surface area (Å²) < 4.78 is 12.2. The van der Waals surface area contributed by atoms with Gasteiger partial charge in [0.15, 0.2) is 11.0 Å². The number of hydrogen-bond donors (Lipinski definition) is 3. The third-order valence-corrected chi connectivity index (χ3v) is 5.70. The molecular weight excluding hydrogens is 472 g/mol. The number of hydrogen-bond acceptors (Lipinski definition) is 8. The summed E-state index contributed by atoms with van der Waals surface area (Å²) in [5.74, 6) is 0.423. The molecule has 1 heterocycles. The second-order valence-electron chi connectivity index (χ2n) is 7.20. The van der Waals surface area contributed by atoms with Crippen molar-refractivity contribution in [1.29, 1.82) is 0 Å². The number of rotatable bonds is 9. The molecule has 11 nitrogen and oxygen atoms in total. The first-order chi connectivity index (χ1) is 16.8. The molecule has 0 unspecified atom stereocenters. The Kier molecular flexibility index (Phi) is 8.68. The number of carbonyl (C=O) groups is 3. The monoisotopic (exact) mass is 498 g/mol. The van der Waals surface area contributed by atoms with Gasteiger partial charge in [0, 0.05) is 36.3 Å². The fourth-order valence-corrected chi connectivity index (χ4v) is 3.94. The number of methoxy groups -OCH3 is 2.